The number of benzene rings is 1. The predicted octanol–water partition coefficient (Wildman–Crippen LogP) is 2.40. The topological polar surface area (TPSA) is 50.4 Å². The smallest absolute Gasteiger partial charge is 0.407 e. The Kier molecular flexibility index (Phi) is 6.21. The van der Waals surface area contributed by atoms with Gasteiger partial charge in [0.05, 0.1) is 0 Å². The van der Waals surface area contributed by atoms with Gasteiger partial charge in [0.25, 0.3) is 0 Å². The van der Waals surface area contributed by atoms with Crippen LogP contribution in [-0.4, -0.2) is 36.7 Å². The van der Waals surface area contributed by atoms with Crippen LogP contribution in [0.1, 0.15) is 18.4 Å². The molecule has 2 N–H and O–H groups in total. The summed E-state index contributed by atoms with van der Waals surface area (Å²) >= 11 is 1.84. The highest BCUT2D eigenvalue weighted by Gasteiger charge is 2.29. The molecule has 1 aromatic rings. The van der Waals surface area contributed by atoms with Gasteiger partial charge in [0, 0.05) is 24.4 Å². The van der Waals surface area contributed by atoms with E-state index in [9.17, 15) is 4.79 Å². The molecule has 1 aliphatic rings. The van der Waals surface area contributed by atoms with Crippen LogP contribution in [0.15, 0.2) is 30.3 Å². The molecule has 1 fully saturated rings. The van der Waals surface area contributed by atoms with Crippen molar-refractivity contribution < 1.29 is 9.53 Å². The van der Waals surface area contributed by atoms with E-state index in [2.05, 4.69) is 16.9 Å². The monoisotopic (exact) mass is 294 g/mol. The van der Waals surface area contributed by atoms with Gasteiger partial charge in [-0.1, -0.05) is 30.3 Å². The van der Waals surface area contributed by atoms with Crippen LogP contribution >= 0.6 is 11.8 Å². The number of hydrogen-bond acceptors (Lipinski definition) is 4. The first-order valence-electron chi connectivity index (χ1n) is 6.97. The van der Waals surface area contributed by atoms with Crippen molar-refractivity contribution in [3.8, 4) is 0 Å². The highest BCUT2D eigenvalue weighted by Crippen LogP contribution is 2.20. The quantitative estimate of drug-likeness (QED) is 0.758. The molecule has 5 heteroatoms. The fraction of sp³-hybridized carbons (Fsp3) is 0.533. The fourth-order valence-electron chi connectivity index (χ4n) is 2.20. The molecule has 0 bridgehead atoms. The van der Waals surface area contributed by atoms with Gasteiger partial charge >= 0.3 is 6.09 Å². The van der Waals surface area contributed by atoms with Gasteiger partial charge in [0.1, 0.15) is 6.61 Å². The highest BCUT2D eigenvalue weighted by molar-refractivity contribution is 7.98. The van der Waals surface area contributed by atoms with Crippen LogP contribution in [0.25, 0.3) is 0 Å². The second kappa shape index (κ2) is 8.17. The standard InChI is InChI=1S/C15H22N2O2S/c1-20-8-7-16-13-9-14(10-13)17-15(18)19-11-12-5-3-2-4-6-12/h2-6,13-14,16H,7-11H2,1H3,(H,17,18). The fourth-order valence-corrected chi connectivity index (χ4v) is 2.52. The van der Waals surface area contributed by atoms with Crippen LogP contribution in [-0.2, 0) is 11.3 Å². The first-order valence-corrected chi connectivity index (χ1v) is 8.37. The molecule has 20 heavy (non-hydrogen) atoms. The Morgan fingerprint density at radius 1 is 1.30 bits per heavy atom. The van der Waals surface area contributed by atoms with E-state index >= 15 is 0 Å². The molecule has 0 heterocycles. The number of rotatable bonds is 7. The van der Waals surface area contributed by atoms with E-state index in [1.54, 1.807) is 0 Å². The molecule has 0 aliphatic heterocycles. The molecule has 1 aromatic carbocycles. The third-order valence-corrected chi connectivity index (χ3v) is 4.02. The number of amides is 1. The molecule has 4 nitrogen and oxygen atoms in total. The van der Waals surface area contributed by atoms with E-state index in [-0.39, 0.29) is 12.1 Å². The molecule has 1 aliphatic carbocycles. The van der Waals surface area contributed by atoms with E-state index < -0.39 is 0 Å². The highest BCUT2D eigenvalue weighted by atomic mass is 32.2. The Morgan fingerprint density at radius 3 is 2.75 bits per heavy atom. The number of thioether (sulfide) groups is 1. The van der Waals surface area contributed by atoms with Crippen LogP contribution in [0.5, 0.6) is 0 Å². The molecule has 0 aromatic heterocycles. The number of alkyl carbamates (subject to hydrolysis) is 1. The minimum Gasteiger partial charge on any atom is -0.445 e. The normalized spacial score (nSPS) is 21.1. The van der Waals surface area contributed by atoms with E-state index in [0.29, 0.717) is 12.6 Å². The van der Waals surface area contributed by atoms with Crippen LogP contribution in [0.2, 0.25) is 0 Å². The largest absolute Gasteiger partial charge is 0.445 e. The van der Waals surface area contributed by atoms with Gasteiger partial charge in [-0.25, -0.2) is 4.79 Å². The minimum absolute atomic E-state index is 0.255. The lowest BCUT2D eigenvalue weighted by atomic mass is 9.87. The van der Waals surface area contributed by atoms with Crippen molar-refractivity contribution in [1.29, 1.82) is 0 Å². The Hall–Kier alpha value is -1.20. The number of carbonyl (C=O) groups is 1. The summed E-state index contributed by atoms with van der Waals surface area (Å²) in [6.45, 7) is 1.37. The number of carbonyl (C=O) groups excluding carboxylic acids is 1. The summed E-state index contributed by atoms with van der Waals surface area (Å²) in [6, 6.07) is 10.5. The Bertz CT molecular complexity index is 408. The van der Waals surface area contributed by atoms with E-state index in [0.717, 1.165) is 30.7 Å². The van der Waals surface area contributed by atoms with Gasteiger partial charge in [-0.15, -0.1) is 0 Å². The van der Waals surface area contributed by atoms with Crippen molar-refractivity contribution in [2.24, 2.45) is 0 Å². The van der Waals surface area contributed by atoms with Gasteiger partial charge in [-0.3, -0.25) is 0 Å². The van der Waals surface area contributed by atoms with Crippen LogP contribution in [0.3, 0.4) is 0 Å². The molecular formula is C15H22N2O2S. The lowest BCUT2D eigenvalue weighted by molar-refractivity contribution is 0.126. The van der Waals surface area contributed by atoms with Gasteiger partial charge in [-0.2, -0.15) is 11.8 Å². The molecule has 0 atom stereocenters. The second-order valence-corrected chi connectivity index (χ2v) is 6.00. The number of ether oxygens (including phenoxy) is 1. The minimum atomic E-state index is -0.318. The average Bonchev–Trinajstić information content (AvgIpc) is 2.43. The van der Waals surface area contributed by atoms with Gasteiger partial charge in [-0.05, 0) is 24.7 Å². The summed E-state index contributed by atoms with van der Waals surface area (Å²) in [6.07, 6.45) is 3.78. The third kappa shape index (κ3) is 5.06. The molecule has 0 radical (unpaired) electrons. The summed E-state index contributed by atoms with van der Waals surface area (Å²) in [5.41, 5.74) is 1.01. The summed E-state index contributed by atoms with van der Waals surface area (Å²) in [4.78, 5) is 11.6. The third-order valence-electron chi connectivity index (χ3n) is 3.41. The van der Waals surface area contributed by atoms with E-state index in [1.165, 1.54) is 0 Å². The molecule has 0 saturated heterocycles. The van der Waals surface area contributed by atoms with Gasteiger partial charge < -0.3 is 15.4 Å². The maximum Gasteiger partial charge on any atom is 0.407 e. The van der Waals surface area contributed by atoms with E-state index in [1.807, 2.05) is 42.1 Å². The average molecular weight is 294 g/mol. The van der Waals surface area contributed by atoms with Crippen molar-refractivity contribution in [3.05, 3.63) is 35.9 Å². The van der Waals surface area contributed by atoms with Crippen molar-refractivity contribution >= 4 is 17.9 Å². The molecule has 0 unspecified atom stereocenters. The van der Waals surface area contributed by atoms with Crippen molar-refractivity contribution in [2.45, 2.75) is 31.5 Å². The molecule has 1 saturated carbocycles. The van der Waals surface area contributed by atoms with Crippen molar-refractivity contribution in [3.63, 3.8) is 0 Å². The zero-order valence-electron chi connectivity index (χ0n) is 11.8. The van der Waals surface area contributed by atoms with Crippen molar-refractivity contribution in [2.75, 3.05) is 18.6 Å². The zero-order valence-corrected chi connectivity index (χ0v) is 12.6. The van der Waals surface area contributed by atoms with Gasteiger partial charge in [0.2, 0.25) is 0 Å². The summed E-state index contributed by atoms with van der Waals surface area (Å²) in [5.74, 6) is 1.13. The summed E-state index contributed by atoms with van der Waals surface area (Å²) < 4.78 is 5.19. The lowest BCUT2D eigenvalue weighted by Crippen LogP contribution is -2.52. The summed E-state index contributed by atoms with van der Waals surface area (Å²) in [7, 11) is 0. The molecule has 2 rings (SSSR count). The molecular weight excluding hydrogens is 272 g/mol. The zero-order chi connectivity index (χ0) is 14.2. The van der Waals surface area contributed by atoms with Crippen LogP contribution in [0, 0.1) is 0 Å². The molecule has 110 valence electrons. The number of hydrogen-bond donors (Lipinski definition) is 2. The Morgan fingerprint density at radius 2 is 2.05 bits per heavy atom. The molecule has 1 amide bonds. The van der Waals surface area contributed by atoms with E-state index in [4.69, 9.17) is 4.74 Å². The predicted molar refractivity (Wildman–Crippen MR) is 83.0 cm³/mol. The maximum absolute atomic E-state index is 11.6. The van der Waals surface area contributed by atoms with Crippen molar-refractivity contribution in [1.82, 2.24) is 10.6 Å². The SMILES string of the molecule is CSCCNC1CC(NC(=O)OCc2ccccc2)C1. The Balaban J connectivity index is 1.55. The first kappa shape index (κ1) is 15.2. The number of nitrogens with one attached hydrogen (secondary N) is 2. The second-order valence-electron chi connectivity index (χ2n) is 5.02. The van der Waals surface area contributed by atoms with Crippen LogP contribution in [0.4, 0.5) is 4.79 Å². The van der Waals surface area contributed by atoms with Gasteiger partial charge in [0.15, 0.2) is 0 Å². The maximum atomic E-state index is 11.6. The summed E-state index contributed by atoms with van der Waals surface area (Å²) in [5, 5.41) is 6.37. The Labute approximate surface area is 124 Å². The molecule has 0 spiro atoms. The first-order chi connectivity index (χ1) is 9.78. The van der Waals surface area contributed by atoms with Crippen LogP contribution < -0.4 is 10.6 Å². The lowest BCUT2D eigenvalue weighted by Gasteiger charge is -2.36.